The minimum atomic E-state index is -0.947. The summed E-state index contributed by atoms with van der Waals surface area (Å²) in [6, 6.07) is 11.8. The molecule has 0 radical (unpaired) electrons. The van der Waals surface area contributed by atoms with Gasteiger partial charge in [-0.15, -0.1) is 12.4 Å². The molecule has 32 heavy (non-hydrogen) atoms. The molecular weight excluding hydrogens is 547 g/mol. The maximum atomic E-state index is 14.6. The van der Waals surface area contributed by atoms with Gasteiger partial charge in [-0.2, -0.15) is 0 Å². The molecule has 0 unspecified atom stereocenters. The monoisotopic (exact) mass is 571 g/mol. The molecule has 0 saturated heterocycles. The van der Waals surface area contributed by atoms with Crippen LogP contribution in [0.2, 0.25) is 0 Å². The Hall–Kier alpha value is -2.00. The number of nitrogens with zero attached hydrogens (tertiary/aromatic N) is 1. The molecule has 4 nitrogen and oxygen atoms in total. The lowest BCUT2D eigenvalue weighted by Gasteiger charge is -2.30. The Morgan fingerprint density at radius 1 is 1.16 bits per heavy atom. The van der Waals surface area contributed by atoms with Gasteiger partial charge in [0.05, 0.1) is 9.09 Å². The number of carbonyl (C=O) groups is 1. The summed E-state index contributed by atoms with van der Waals surface area (Å²) < 4.78 is 28.7. The number of hydrogen-bond donors (Lipinski definition) is 2. The zero-order chi connectivity index (χ0) is 22.1. The third-order valence-electron chi connectivity index (χ3n) is 6.14. The van der Waals surface area contributed by atoms with Crippen molar-refractivity contribution < 1.29 is 13.6 Å². The molecule has 0 bridgehead atoms. The van der Waals surface area contributed by atoms with E-state index in [1.165, 1.54) is 11.6 Å². The molecule has 1 aliphatic rings. The molecule has 0 atom stereocenters. The third-order valence-corrected chi connectivity index (χ3v) is 6.93. The number of amides is 1. The summed E-state index contributed by atoms with van der Waals surface area (Å²) in [6.45, 7) is 2.08. The highest BCUT2D eigenvalue weighted by atomic mass is 127. The SMILES string of the molecule is Cc1cc(NC2CCC(Cc3c(C(N)=O)cc(I)c(F)c3F)CC2)nc2ccccc12.Cl. The van der Waals surface area contributed by atoms with Crippen LogP contribution in [-0.2, 0) is 6.42 Å². The van der Waals surface area contributed by atoms with Crippen LogP contribution in [0.1, 0.15) is 47.2 Å². The normalized spacial score (nSPS) is 18.2. The van der Waals surface area contributed by atoms with Crippen LogP contribution in [0.25, 0.3) is 10.9 Å². The Kier molecular flexibility index (Phi) is 7.92. The van der Waals surface area contributed by atoms with Crippen molar-refractivity contribution in [3.63, 3.8) is 0 Å². The highest BCUT2D eigenvalue weighted by Crippen LogP contribution is 2.32. The minimum absolute atomic E-state index is 0. The predicted molar refractivity (Wildman–Crippen MR) is 134 cm³/mol. The first-order valence-electron chi connectivity index (χ1n) is 10.4. The van der Waals surface area contributed by atoms with Crippen molar-refractivity contribution >= 4 is 57.6 Å². The Bertz CT molecular complexity index is 1150. The Balaban J connectivity index is 0.00000289. The van der Waals surface area contributed by atoms with Crippen LogP contribution in [-0.4, -0.2) is 16.9 Å². The molecule has 1 saturated carbocycles. The van der Waals surface area contributed by atoms with Gasteiger partial charge in [-0.25, -0.2) is 13.8 Å². The number of carbonyl (C=O) groups excluding carboxylic acids is 1. The van der Waals surface area contributed by atoms with Crippen molar-refractivity contribution in [3.8, 4) is 0 Å². The Morgan fingerprint density at radius 3 is 2.53 bits per heavy atom. The quantitative estimate of drug-likeness (QED) is 0.285. The largest absolute Gasteiger partial charge is 0.367 e. The lowest BCUT2D eigenvalue weighted by molar-refractivity contribution is 0.0998. The van der Waals surface area contributed by atoms with Gasteiger partial charge in [-0.1, -0.05) is 18.2 Å². The number of fused-ring (bicyclic) bond motifs is 1. The van der Waals surface area contributed by atoms with Crippen molar-refractivity contribution in [1.82, 2.24) is 4.98 Å². The molecule has 0 spiro atoms. The second-order valence-electron chi connectivity index (χ2n) is 8.28. The number of primary amides is 1. The Morgan fingerprint density at radius 2 is 1.84 bits per heavy atom. The first kappa shape index (κ1) is 24.6. The van der Waals surface area contributed by atoms with Crippen molar-refractivity contribution in [2.75, 3.05) is 5.32 Å². The number of para-hydroxylation sites is 1. The summed E-state index contributed by atoms with van der Waals surface area (Å²) in [7, 11) is 0. The van der Waals surface area contributed by atoms with Crippen LogP contribution in [0.3, 0.4) is 0 Å². The molecule has 170 valence electrons. The van der Waals surface area contributed by atoms with E-state index in [2.05, 4.69) is 24.4 Å². The van der Waals surface area contributed by atoms with Crippen LogP contribution >= 0.6 is 35.0 Å². The van der Waals surface area contributed by atoms with Gasteiger partial charge in [0.1, 0.15) is 5.82 Å². The van der Waals surface area contributed by atoms with E-state index in [9.17, 15) is 13.6 Å². The molecule has 3 aromatic rings. The fourth-order valence-electron chi connectivity index (χ4n) is 4.48. The average Bonchev–Trinajstić information content (AvgIpc) is 2.75. The Labute approximate surface area is 205 Å². The number of aryl methyl sites for hydroxylation is 1. The van der Waals surface area contributed by atoms with E-state index in [0.29, 0.717) is 6.42 Å². The van der Waals surface area contributed by atoms with Gasteiger partial charge < -0.3 is 11.1 Å². The zero-order valence-electron chi connectivity index (χ0n) is 17.6. The molecule has 1 aromatic heterocycles. The van der Waals surface area contributed by atoms with E-state index in [1.54, 1.807) is 22.6 Å². The average molecular weight is 572 g/mol. The molecule has 1 fully saturated rings. The number of halogens is 4. The number of rotatable bonds is 5. The molecule has 4 rings (SSSR count). The first-order chi connectivity index (χ1) is 14.8. The summed E-state index contributed by atoms with van der Waals surface area (Å²) in [5, 5.41) is 4.68. The van der Waals surface area contributed by atoms with E-state index in [0.717, 1.165) is 42.4 Å². The molecule has 0 aliphatic heterocycles. The molecule has 1 aliphatic carbocycles. The van der Waals surface area contributed by atoms with Gasteiger partial charge in [0.25, 0.3) is 0 Å². The maximum absolute atomic E-state index is 14.6. The van der Waals surface area contributed by atoms with Crippen molar-refractivity contribution in [1.29, 1.82) is 0 Å². The topological polar surface area (TPSA) is 68.0 Å². The molecule has 1 amide bonds. The summed E-state index contributed by atoms with van der Waals surface area (Å²) in [5.74, 6) is -1.54. The number of nitrogens with one attached hydrogen (secondary N) is 1. The molecule has 3 N–H and O–H groups in total. The highest BCUT2D eigenvalue weighted by molar-refractivity contribution is 14.1. The van der Waals surface area contributed by atoms with Gasteiger partial charge in [-0.3, -0.25) is 4.79 Å². The van der Waals surface area contributed by atoms with Crippen LogP contribution in [0.5, 0.6) is 0 Å². The minimum Gasteiger partial charge on any atom is -0.367 e. The summed E-state index contributed by atoms with van der Waals surface area (Å²) >= 11 is 1.68. The standard InChI is InChI=1S/C24H24F2IN3O.ClH/c1-13-10-21(30-20-5-3-2-4-16(13)20)29-15-8-6-14(7-9-15)11-17-18(24(28)31)12-19(27)23(26)22(17)25;/h2-5,10,12,14-15H,6-9,11H2,1H3,(H2,28,31)(H,29,30);1H. The molecule has 8 heteroatoms. The second kappa shape index (κ2) is 10.3. The third kappa shape index (κ3) is 5.14. The van der Waals surface area contributed by atoms with Crippen LogP contribution in [0.15, 0.2) is 36.4 Å². The van der Waals surface area contributed by atoms with E-state index in [-0.39, 0.29) is 39.1 Å². The summed E-state index contributed by atoms with van der Waals surface area (Å²) in [4.78, 5) is 16.5. The first-order valence-corrected chi connectivity index (χ1v) is 11.5. The summed E-state index contributed by atoms with van der Waals surface area (Å²) in [6.07, 6.45) is 3.83. The lowest BCUT2D eigenvalue weighted by atomic mass is 9.81. The number of benzene rings is 2. The van der Waals surface area contributed by atoms with Crippen LogP contribution in [0.4, 0.5) is 14.6 Å². The van der Waals surface area contributed by atoms with E-state index < -0.39 is 17.5 Å². The molecular formula is C24H25ClF2IN3O. The van der Waals surface area contributed by atoms with E-state index >= 15 is 0 Å². The number of hydrogen-bond acceptors (Lipinski definition) is 3. The van der Waals surface area contributed by atoms with Gasteiger partial charge >= 0.3 is 0 Å². The fourth-order valence-corrected chi connectivity index (χ4v) is 5.03. The highest BCUT2D eigenvalue weighted by Gasteiger charge is 2.26. The maximum Gasteiger partial charge on any atom is 0.249 e. The van der Waals surface area contributed by atoms with Crippen molar-refractivity contribution in [2.24, 2.45) is 11.7 Å². The number of nitrogens with two attached hydrogens (primary N) is 1. The molecule has 1 heterocycles. The number of anilines is 1. The van der Waals surface area contributed by atoms with Crippen molar-refractivity contribution in [2.45, 2.75) is 45.1 Å². The fraction of sp³-hybridized carbons (Fsp3) is 0.333. The summed E-state index contributed by atoms with van der Waals surface area (Å²) in [5.41, 5.74) is 7.75. The second-order valence-corrected chi connectivity index (χ2v) is 9.45. The van der Waals surface area contributed by atoms with E-state index in [1.807, 2.05) is 18.2 Å². The smallest absolute Gasteiger partial charge is 0.249 e. The molecule has 2 aromatic carbocycles. The number of pyridine rings is 1. The van der Waals surface area contributed by atoms with Gasteiger partial charge in [-0.05, 0) is 91.3 Å². The van der Waals surface area contributed by atoms with Crippen LogP contribution in [0, 0.1) is 28.0 Å². The van der Waals surface area contributed by atoms with Crippen molar-refractivity contribution in [3.05, 3.63) is 68.3 Å². The van der Waals surface area contributed by atoms with Gasteiger partial charge in [0.15, 0.2) is 11.6 Å². The zero-order valence-corrected chi connectivity index (χ0v) is 20.6. The lowest BCUT2D eigenvalue weighted by Crippen LogP contribution is -2.28. The van der Waals surface area contributed by atoms with Gasteiger partial charge in [0, 0.05) is 22.6 Å². The van der Waals surface area contributed by atoms with Crippen LogP contribution < -0.4 is 11.1 Å². The van der Waals surface area contributed by atoms with E-state index in [4.69, 9.17) is 10.7 Å². The predicted octanol–water partition coefficient (Wildman–Crippen LogP) is 6.16. The van der Waals surface area contributed by atoms with Gasteiger partial charge in [0.2, 0.25) is 5.91 Å². The number of aromatic nitrogens is 1.